The molecule has 1 aromatic heterocycles. The average Bonchev–Trinajstić information content (AvgIpc) is 2.94. The van der Waals surface area contributed by atoms with Crippen molar-refractivity contribution in [3.8, 4) is 0 Å². The van der Waals surface area contributed by atoms with Crippen molar-refractivity contribution in [1.29, 1.82) is 0 Å². The normalized spacial score (nSPS) is 23.1. The van der Waals surface area contributed by atoms with Gasteiger partial charge in [0.15, 0.2) is 6.29 Å². The van der Waals surface area contributed by atoms with Gasteiger partial charge in [0.1, 0.15) is 5.00 Å². The van der Waals surface area contributed by atoms with Crippen molar-refractivity contribution in [3.63, 3.8) is 0 Å². The third-order valence-electron chi connectivity index (χ3n) is 4.41. The molecule has 2 rings (SSSR count). The zero-order valence-corrected chi connectivity index (χ0v) is 16.2. The average molecular weight is 356 g/mol. The number of rotatable bonds is 11. The second-order valence-corrected chi connectivity index (χ2v) is 7.89. The first-order chi connectivity index (χ1) is 11.6. The van der Waals surface area contributed by atoms with Crippen LogP contribution in [0.25, 0.3) is 0 Å². The summed E-state index contributed by atoms with van der Waals surface area (Å²) in [4.78, 5) is 1.31. The van der Waals surface area contributed by atoms with Gasteiger partial charge >= 0.3 is 0 Å². The number of ether oxygens (including phenoxy) is 2. The van der Waals surface area contributed by atoms with Crippen LogP contribution in [0.3, 0.4) is 0 Å². The van der Waals surface area contributed by atoms with E-state index >= 15 is 0 Å². The van der Waals surface area contributed by atoms with Gasteiger partial charge in [-0.05, 0) is 25.3 Å². The van der Waals surface area contributed by atoms with E-state index in [1.807, 2.05) is 6.92 Å². The van der Waals surface area contributed by atoms with E-state index in [9.17, 15) is 5.11 Å². The highest BCUT2D eigenvalue weighted by atomic mass is 32.1. The monoisotopic (exact) mass is 355 g/mol. The zero-order valence-electron chi connectivity index (χ0n) is 15.4. The van der Waals surface area contributed by atoms with E-state index in [4.69, 9.17) is 9.47 Å². The molecule has 0 spiro atoms. The molecule has 2 atom stereocenters. The van der Waals surface area contributed by atoms with Gasteiger partial charge in [-0.15, -0.1) is 11.3 Å². The molecular weight excluding hydrogens is 322 g/mol. The molecule has 2 heterocycles. The molecule has 0 amide bonds. The lowest BCUT2D eigenvalue weighted by Crippen LogP contribution is -2.45. The van der Waals surface area contributed by atoms with Gasteiger partial charge in [0.2, 0.25) is 5.91 Å². The third-order valence-corrected chi connectivity index (χ3v) is 5.53. The number of aliphatic hydroxyl groups excluding tert-OH is 1. The zero-order chi connectivity index (χ0) is 17.4. The summed E-state index contributed by atoms with van der Waals surface area (Å²) in [5, 5.41) is 14.6. The molecule has 1 aromatic rings. The van der Waals surface area contributed by atoms with Gasteiger partial charge in [-0.1, -0.05) is 52.4 Å². The Morgan fingerprint density at radius 2 is 1.88 bits per heavy atom. The Morgan fingerprint density at radius 3 is 2.62 bits per heavy atom. The summed E-state index contributed by atoms with van der Waals surface area (Å²) in [6.45, 7) is 6.83. The summed E-state index contributed by atoms with van der Waals surface area (Å²) in [7, 11) is 0. The van der Waals surface area contributed by atoms with E-state index in [0.717, 1.165) is 29.8 Å². The highest BCUT2D eigenvalue weighted by Gasteiger charge is 2.37. The first-order valence-electron chi connectivity index (χ1n) is 9.48. The summed E-state index contributed by atoms with van der Waals surface area (Å²) in [6.07, 6.45) is 10.0. The minimum absolute atomic E-state index is 0.623. The third kappa shape index (κ3) is 5.73. The second-order valence-electron chi connectivity index (χ2n) is 6.76. The van der Waals surface area contributed by atoms with Crippen LogP contribution in [0.4, 0.5) is 5.00 Å². The summed E-state index contributed by atoms with van der Waals surface area (Å²) in [6, 6.07) is 2.08. The Hall–Kier alpha value is -0.620. The molecule has 0 radical (unpaired) electrons. The number of unbranched alkanes of at least 4 members (excludes halogenated alkanes) is 6. The molecule has 2 unspecified atom stereocenters. The van der Waals surface area contributed by atoms with Gasteiger partial charge in [-0.25, -0.2) is 0 Å². The lowest BCUT2D eigenvalue weighted by atomic mass is 10.1. The van der Waals surface area contributed by atoms with Crippen LogP contribution in [0, 0.1) is 0 Å². The van der Waals surface area contributed by atoms with E-state index < -0.39 is 12.2 Å². The maximum absolute atomic E-state index is 10.3. The fourth-order valence-electron chi connectivity index (χ4n) is 2.94. The molecule has 1 aliphatic heterocycles. The maximum atomic E-state index is 10.3. The van der Waals surface area contributed by atoms with E-state index in [2.05, 4.69) is 25.2 Å². The topological polar surface area (TPSA) is 50.7 Å². The van der Waals surface area contributed by atoms with Crippen LogP contribution in [-0.4, -0.2) is 17.6 Å². The van der Waals surface area contributed by atoms with Gasteiger partial charge in [0.25, 0.3) is 0 Å². The quantitative estimate of drug-likeness (QED) is 0.509. The molecule has 2 N–H and O–H groups in total. The van der Waals surface area contributed by atoms with Crippen LogP contribution in [0.1, 0.15) is 88.9 Å². The van der Waals surface area contributed by atoms with E-state index in [0.29, 0.717) is 6.61 Å². The van der Waals surface area contributed by atoms with Crippen LogP contribution in [0.2, 0.25) is 0 Å². The predicted molar refractivity (Wildman–Crippen MR) is 100 cm³/mol. The maximum Gasteiger partial charge on any atom is 0.249 e. The van der Waals surface area contributed by atoms with Crippen molar-refractivity contribution in [3.05, 3.63) is 16.5 Å². The fourth-order valence-corrected chi connectivity index (χ4v) is 4.14. The molecule has 1 aliphatic rings. The first kappa shape index (κ1) is 19.7. The Balaban J connectivity index is 1.85. The molecule has 0 saturated heterocycles. The van der Waals surface area contributed by atoms with Crippen LogP contribution < -0.4 is 5.32 Å². The summed E-state index contributed by atoms with van der Waals surface area (Å²) in [5.74, 6) is -0.941. The second kappa shape index (κ2) is 9.76. The minimum atomic E-state index is -0.941. The summed E-state index contributed by atoms with van der Waals surface area (Å²) >= 11 is 1.72. The minimum Gasteiger partial charge on any atom is -0.364 e. The number of fused-ring (bicyclic) bond motifs is 1. The number of nitrogens with one attached hydrogen (secondary N) is 1. The number of anilines is 1. The number of hydrogen-bond acceptors (Lipinski definition) is 5. The standard InChI is InChI=1S/C19H33NO3S/c1-4-6-8-9-10-11-12-15-14-16-17(24-15)20-19(3,23-18(16)21)22-13-7-5-2/h14,18,20-21H,4-13H2,1-3H3. The molecule has 4 nitrogen and oxygen atoms in total. The van der Waals surface area contributed by atoms with Gasteiger partial charge in [-0.2, -0.15) is 0 Å². The van der Waals surface area contributed by atoms with Crippen LogP contribution in [-0.2, 0) is 15.9 Å². The SMILES string of the molecule is CCCCCCCCc1cc2c(s1)NC(C)(OCCCC)OC2O. The Bertz CT molecular complexity index is 491. The van der Waals surface area contributed by atoms with Crippen molar-refractivity contribution < 1.29 is 14.6 Å². The lowest BCUT2D eigenvalue weighted by Gasteiger charge is -2.37. The number of hydrogen-bond donors (Lipinski definition) is 2. The van der Waals surface area contributed by atoms with Crippen molar-refractivity contribution in [2.45, 2.75) is 90.8 Å². The predicted octanol–water partition coefficient (Wildman–Crippen LogP) is 5.57. The van der Waals surface area contributed by atoms with Crippen molar-refractivity contribution >= 4 is 16.3 Å². The van der Waals surface area contributed by atoms with E-state index in [1.54, 1.807) is 11.3 Å². The van der Waals surface area contributed by atoms with Gasteiger partial charge in [0, 0.05) is 17.4 Å². The molecule has 24 heavy (non-hydrogen) atoms. The van der Waals surface area contributed by atoms with E-state index in [1.165, 1.54) is 43.4 Å². The highest BCUT2D eigenvalue weighted by molar-refractivity contribution is 7.16. The van der Waals surface area contributed by atoms with Crippen LogP contribution in [0.5, 0.6) is 0 Å². The van der Waals surface area contributed by atoms with Crippen LogP contribution >= 0.6 is 11.3 Å². The van der Waals surface area contributed by atoms with Crippen molar-refractivity contribution in [1.82, 2.24) is 0 Å². The van der Waals surface area contributed by atoms with Gasteiger partial charge in [-0.3, -0.25) is 4.74 Å². The first-order valence-corrected chi connectivity index (χ1v) is 10.3. The highest BCUT2D eigenvalue weighted by Crippen LogP contribution is 2.41. The largest absolute Gasteiger partial charge is 0.364 e. The Kier molecular flexibility index (Phi) is 8.01. The fraction of sp³-hybridized carbons (Fsp3) is 0.789. The van der Waals surface area contributed by atoms with Crippen molar-refractivity contribution in [2.75, 3.05) is 11.9 Å². The van der Waals surface area contributed by atoms with Gasteiger partial charge in [0.05, 0.1) is 6.61 Å². The number of aryl methyl sites for hydroxylation is 1. The van der Waals surface area contributed by atoms with Crippen molar-refractivity contribution in [2.24, 2.45) is 0 Å². The molecule has 0 saturated carbocycles. The molecule has 138 valence electrons. The summed E-state index contributed by atoms with van der Waals surface area (Å²) < 4.78 is 11.5. The number of thiophene rings is 1. The Morgan fingerprint density at radius 1 is 1.17 bits per heavy atom. The molecule has 0 bridgehead atoms. The molecule has 0 aliphatic carbocycles. The van der Waals surface area contributed by atoms with E-state index in [-0.39, 0.29) is 0 Å². The molecule has 0 aromatic carbocycles. The molecule has 0 fully saturated rings. The lowest BCUT2D eigenvalue weighted by molar-refractivity contribution is -0.285. The van der Waals surface area contributed by atoms with Gasteiger partial charge < -0.3 is 15.2 Å². The smallest absolute Gasteiger partial charge is 0.249 e. The summed E-state index contributed by atoms with van der Waals surface area (Å²) in [5.41, 5.74) is 0.845. The Labute approximate surface area is 150 Å². The number of aliphatic hydroxyl groups is 1. The molecular formula is C19H33NO3S. The van der Waals surface area contributed by atoms with Crippen LogP contribution in [0.15, 0.2) is 6.07 Å². The molecule has 5 heteroatoms.